The molecule has 0 radical (unpaired) electrons. The standard InChI is InChI=1S/C19H31N3O2.HI/c1-20-18(21-14-16-6-8-17(24-3)9-7-16)22-15-19(12-13-23-2)10-4-5-11-19;/h6-9H,4-5,10-15H2,1-3H3,(H2,20,21,22);1H. The maximum absolute atomic E-state index is 5.30. The first-order chi connectivity index (χ1) is 11.7. The fraction of sp³-hybridized carbons (Fsp3) is 0.632. The van der Waals surface area contributed by atoms with Gasteiger partial charge >= 0.3 is 0 Å². The van der Waals surface area contributed by atoms with Gasteiger partial charge in [-0.15, -0.1) is 24.0 Å². The average Bonchev–Trinajstić information content (AvgIpc) is 3.10. The number of nitrogens with zero attached hydrogens (tertiary/aromatic N) is 1. The second-order valence-corrected chi connectivity index (χ2v) is 6.58. The van der Waals surface area contributed by atoms with Gasteiger partial charge in [-0.1, -0.05) is 25.0 Å². The summed E-state index contributed by atoms with van der Waals surface area (Å²) in [6.07, 6.45) is 6.32. The molecule has 1 fully saturated rings. The van der Waals surface area contributed by atoms with Crippen molar-refractivity contribution in [1.82, 2.24) is 10.6 Å². The molecular weight excluding hydrogens is 429 g/mol. The first-order valence-corrected chi connectivity index (χ1v) is 8.78. The first kappa shape index (κ1) is 22.0. The molecule has 1 aromatic rings. The van der Waals surface area contributed by atoms with E-state index in [1.807, 2.05) is 19.2 Å². The van der Waals surface area contributed by atoms with Crippen LogP contribution >= 0.6 is 24.0 Å². The Kier molecular flexibility index (Phi) is 10.2. The molecule has 142 valence electrons. The second-order valence-electron chi connectivity index (χ2n) is 6.58. The van der Waals surface area contributed by atoms with Crippen molar-refractivity contribution in [3.05, 3.63) is 29.8 Å². The Labute approximate surface area is 169 Å². The number of methoxy groups -OCH3 is 2. The Morgan fingerprint density at radius 1 is 1.12 bits per heavy atom. The topological polar surface area (TPSA) is 54.9 Å². The smallest absolute Gasteiger partial charge is 0.191 e. The Bertz CT molecular complexity index is 514. The highest BCUT2D eigenvalue weighted by Crippen LogP contribution is 2.40. The molecule has 0 aromatic heterocycles. The van der Waals surface area contributed by atoms with Crippen LogP contribution in [-0.2, 0) is 11.3 Å². The quantitative estimate of drug-likeness (QED) is 0.353. The van der Waals surface area contributed by atoms with Gasteiger partial charge in [-0.2, -0.15) is 0 Å². The van der Waals surface area contributed by atoms with Crippen molar-refractivity contribution < 1.29 is 9.47 Å². The van der Waals surface area contributed by atoms with Crippen LogP contribution in [0, 0.1) is 5.41 Å². The van der Waals surface area contributed by atoms with Gasteiger partial charge in [-0.25, -0.2) is 0 Å². The molecule has 0 aliphatic heterocycles. The third kappa shape index (κ3) is 7.01. The molecule has 1 aliphatic carbocycles. The van der Waals surface area contributed by atoms with Gasteiger partial charge in [-0.3, -0.25) is 4.99 Å². The Balaban J connectivity index is 0.00000312. The molecule has 5 nitrogen and oxygen atoms in total. The molecule has 0 bridgehead atoms. The van der Waals surface area contributed by atoms with Crippen molar-refractivity contribution in [3.63, 3.8) is 0 Å². The van der Waals surface area contributed by atoms with E-state index >= 15 is 0 Å². The highest BCUT2D eigenvalue weighted by molar-refractivity contribution is 14.0. The normalized spacial score (nSPS) is 16.2. The highest BCUT2D eigenvalue weighted by atomic mass is 127. The molecule has 0 saturated heterocycles. The van der Waals surface area contributed by atoms with E-state index in [-0.39, 0.29) is 24.0 Å². The fourth-order valence-corrected chi connectivity index (χ4v) is 3.38. The van der Waals surface area contributed by atoms with E-state index in [0.717, 1.165) is 37.8 Å². The molecule has 0 unspecified atom stereocenters. The van der Waals surface area contributed by atoms with Gasteiger partial charge in [0.1, 0.15) is 5.75 Å². The van der Waals surface area contributed by atoms with E-state index in [2.05, 4.69) is 27.8 Å². The molecule has 0 spiro atoms. The van der Waals surface area contributed by atoms with Crippen LogP contribution in [0.3, 0.4) is 0 Å². The molecule has 0 amide bonds. The van der Waals surface area contributed by atoms with Gasteiger partial charge in [0.15, 0.2) is 5.96 Å². The van der Waals surface area contributed by atoms with Crippen molar-refractivity contribution in [3.8, 4) is 5.75 Å². The Morgan fingerprint density at radius 3 is 2.36 bits per heavy atom. The summed E-state index contributed by atoms with van der Waals surface area (Å²) in [5.41, 5.74) is 1.56. The number of rotatable bonds is 8. The third-order valence-electron chi connectivity index (χ3n) is 4.97. The summed E-state index contributed by atoms with van der Waals surface area (Å²) in [4.78, 5) is 4.35. The lowest BCUT2D eigenvalue weighted by atomic mass is 9.83. The number of halogens is 1. The van der Waals surface area contributed by atoms with Gasteiger partial charge in [0.2, 0.25) is 0 Å². The van der Waals surface area contributed by atoms with Gasteiger partial charge in [0.05, 0.1) is 7.11 Å². The van der Waals surface area contributed by atoms with Crippen molar-refractivity contribution in [2.45, 2.75) is 38.6 Å². The summed E-state index contributed by atoms with van der Waals surface area (Å²) in [7, 11) is 5.28. The predicted molar refractivity (Wildman–Crippen MR) is 114 cm³/mol. The number of guanidine groups is 1. The monoisotopic (exact) mass is 461 g/mol. The molecule has 6 heteroatoms. The van der Waals surface area contributed by atoms with Crippen LogP contribution in [0.15, 0.2) is 29.3 Å². The molecular formula is C19H32IN3O2. The number of ether oxygens (including phenoxy) is 2. The number of nitrogens with one attached hydrogen (secondary N) is 2. The third-order valence-corrected chi connectivity index (χ3v) is 4.97. The van der Waals surface area contributed by atoms with Crippen LogP contribution in [0.2, 0.25) is 0 Å². The Morgan fingerprint density at radius 2 is 1.80 bits per heavy atom. The zero-order valence-electron chi connectivity index (χ0n) is 15.6. The largest absolute Gasteiger partial charge is 0.497 e. The van der Waals surface area contributed by atoms with Crippen LogP contribution in [0.25, 0.3) is 0 Å². The second kappa shape index (κ2) is 11.6. The number of aliphatic imine (C=N–C) groups is 1. The SMILES string of the molecule is CN=C(NCc1ccc(OC)cc1)NCC1(CCOC)CCCC1.I. The van der Waals surface area contributed by atoms with Crippen LogP contribution in [0.1, 0.15) is 37.7 Å². The lowest BCUT2D eigenvalue weighted by Crippen LogP contribution is -2.43. The van der Waals surface area contributed by atoms with Crippen molar-refractivity contribution >= 4 is 29.9 Å². The maximum Gasteiger partial charge on any atom is 0.191 e. The predicted octanol–water partition coefficient (Wildman–Crippen LogP) is 3.58. The minimum atomic E-state index is 0. The van der Waals surface area contributed by atoms with E-state index in [1.165, 1.54) is 31.2 Å². The summed E-state index contributed by atoms with van der Waals surface area (Å²) in [6.45, 7) is 2.53. The van der Waals surface area contributed by atoms with E-state index in [9.17, 15) is 0 Å². The molecule has 25 heavy (non-hydrogen) atoms. The molecule has 2 rings (SSSR count). The average molecular weight is 461 g/mol. The van der Waals surface area contributed by atoms with E-state index in [0.29, 0.717) is 5.41 Å². The van der Waals surface area contributed by atoms with Crippen molar-refractivity contribution in [2.75, 3.05) is 34.4 Å². The summed E-state index contributed by atoms with van der Waals surface area (Å²) >= 11 is 0. The summed E-state index contributed by atoms with van der Waals surface area (Å²) in [5, 5.41) is 6.90. The van der Waals surface area contributed by atoms with Crippen LogP contribution in [-0.4, -0.2) is 40.4 Å². The molecule has 0 atom stereocenters. The molecule has 1 saturated carbocycles. The minimum absolute atomic E-state index is 0. The van der Waals surface area contributed by atoms with E-state index < -0.39 is 0 Å². The van der Waals surface area contributed by atoms with Crippen LogP contribution in [0.5, 0.6) is 5.75 Å². The molecule has 2 N–H and O–H groups in total. The molecule has 1 aromatic carbocycles. The zero-order chi connectivity index (χ0) is 17.3. The summed E-state index contributed by atoms with van der Waals surface area (Å²) in [6, 6.07) is 8.09. The van der Waals surface area contributed by atoms with Gasteiger partial charge < -0.3 is 20.1 Å². The zero-order valence-corrected chi connectivity index (χ0v) is 18.0. The van der Waals surface area contributed by atoms with E-state index in [4.69, 9.17) is 9.47 Å². The summed E-state index contributed by atoms with van der Waals surface area (Å²) in [5.74, 6) is 1.73. The number of hydrogen-bond donors (Lipinski definition) is 2. The van der Waals surface area contributed by atoms with Crippen molar-refractivity contribution in [1.29, 1.82) is 0 Å². The lowest BCUT2D eigenvalue weighted by molar-refractivity contribution is 0.138. The highest BCUT2D eigenvalue weighted by Gasteiger charge is 2.33. The fourth-order valence-electron chi connectivity index (χ4n) is 3.38. The minimum Gasteiger partial charge on any atom is -0.497 e. The van der Waals surface area contributed by atoms with Gasteiger partial charge in [0.25, 0.3) is 0 Å². The van der Waals surface area contributed by atoms with Crippen LogP contribution in [0.4, 0.5) is 0 Å². The van der Waals surface area contributed by atoms with Gasteiger partial charge in [-0.05, 0) is 42.4 Å². The van der Waals surface area contributed by atoms with E-state index in [1.54, 1.807) is 14.2 Å². The van der Waals surface area contributed by atoms with Crippen molar-refractivity contribution in [2.24, 2.45) is 10.4 Å². The number of hydrogen-bond acceptors (Lipinski definition) is 3. The Hall–Kier alpha value is -1.02. The first-order valence-electron chi connectivity index (χ1n) is 8.78. The molecule has 1 aliphatic rings. The summed E-state index contributed by atoms with van der Waals surface area (Å²) < 4.78 is 10.5. The van der Waals surface area contributed by atoms with Gasteiger partial charge in [0, 0.05) is 33.9 Å². The molecule has 0 heterocycles. The number of benzene rings is 1. The lowest BCUT2D eigenvalue weighted by Gasteiger charge is -2.30. The van der Waals surface area contributed by atoms with Crippen LogP contribution < -0.4 is 15.4 Å². The maximum atomic E-state index is 5.30.